The van der Waals surface area contributed by atoms with Crippen LogP contribution < -0.4 is 5.32 Å². The van der Waals surface area contributed by atoms with Gasteiger partial charge in [0.05, 0.1) is 0 Å². The van der Waals surface area contributed by atoms with E-state index in [2.05, 4.69) is 15.5 Å². The van der Waals surface area contributed by atoms with Gasteiger partial charge in [0, 0.05) is 13.0 Å². The first-order valence-corrected chi connectivity index (χ1v) is 6.55. The van der Waals surface area contributed by atoms with Crippen LogP contribution in [0.25, 0.3) is 0 Å². The van der Waals surface area contributed by atoms with Gasteiger partial charge in [-0.15, -0.1) is 0 Å². The van der Waals surface area contributed by atoms with Crippen LogP contribution in [-0.2, 0) is 9.59 Å². The second-order valence-corrected chi connectivity index (χ2v) is 5.03. The maximum atomic E-state index is 12.4. The molecule has 2 aliphatic heterocycles. The van der Waals surface area contributed by atoms with Crippen LogP contribution in [0.3, 0.4) is 0 Å². The Morgan fingerprint density at radius 3 is 2.95 bits per heavy atom. The van der Waals surface area contributed by atoms with Gasteiger partial charge >= 0.3 is 0 Å². The van der Waals surface area contributed by atoms with Crippen molar-refractivity contribution < 1.29 is 14.1 Å². The van der Waals surface area contributed by atoms with Crippen molar-refractivity contribution in [3.8, 4) is 0 Å². The van der Waals surface area contributed by atoms with Gasteiger partial charge in [0.1, 0.15) is 12.1 Å². The Morgan fingerprint density at radius 1 is 1.47 bits per heavy atom. The summed E-state index contributed by atoms with van der Waals surface area (Å²) in [6.45, 7) is 2.43. The number of aryl methyl sites for hydroxylation is 1. The Labute approximate surface area is 110 Å². The monoisotopic (exact) mass is 264 g/mol. The number of likely N-dealkylation sites (tertiary alicyclic amines) is 1. The largest absolute Gasteiger partial charge is 0.344 e. The van der Waals surface area contributed by atoms with Gasteiger partial charge in [0.15, 0.2) is 5.82 Å². The Morgan fingerprint density at radius 2 is 2.32 bits per heavy atom. The minimum atomic E-state index is -0.392. The van der Waals surface area contributed by atoms with Crippen molar-refractivity contribution in [2.45, 2.75) is 44.7 Å². The summed E-state index contributed by atoms with van der Waals surface area (Å²) in [5.74, 6) is 0.975. The van der Waals surface area contributed by atoms with Gasteiger partial charge in [-0.05, 0) is 26.2 Å². The highest BCUT2D eigenvalue weighted by molar-refractivity contribution is 5.91. The minimum absolute atomic E-state index is 0.0378. The van der Waals surface area contributed by atoms with E-state index in [1.54, 1.807) is 11.8 Å². The molecule has 1 aromatic rings. The number of rotatable bonds is 2. The van der Waals surface area contributed by atoms with Crippen molar-refractivity contribution in [3.63, 3.8) is 0 Å². The van der Waals surface area contributed by atoms with Gasteiger partial charge in [-0.3, -0.25) is 9.59 Å². The normalized spacial score (nSPS) is 26.8. The smallest absolute Gasteiger partial charge is 0.249 e. The van der Waals surface area contributed by atoms with E-state index in [0.29, 0.717) is 31.1 Å². The predicted octanol–water partition coefficient (Wildman–Crippen LogP) is 0.320. The molecule has 0 aliphatic carbocycles. The molecule has 7 nitrogen and oxygen atoms in total. The standard InChI is InChI=1S/C12H16N4O3/c1-7-13-11(19-15-7)9-3-2-6-16(9)12(18)8-4-5-10(17)14-8/h8-9H,2-6H2,1H3,(H,14,17). The highest BCUT2D eigenvalue weighted by Gasteiger charge is 2.38. The third-order valence-corrected chi connectivity index (χ3v) is 3.66. The highest BCUT2D eigenvalue weighted by Crippen LogP contribution is 2.32. The number of nitrogens with zero attached hydrogens (tertiary/aromatic N) is 3. The van der Waals surface area contributed by atoms with Crippen LogP contribution >= 0.6 is 0 Å². The lowest BCUT2D eigenvalue weighted by atomic mass is 10.1. The van der Waals surface area contributed by atoms with E-state index in [-0.39, 0.29) is 17.9 Å². The van der Waals surface area contributed by atoms with Crippen molar-refractivity contribution >= 4 is 11.8 Å². The lowest BCUT2D eigenvalue weighted by Gasteiger charge is -2.24. The van der Waals surface area contributed by atoms with Gasteiger partial charge < -0.3 is 14.7 Å². The van der Waals surface area contributed by atoms with E-state index >= 15 is 0 Å². The van der Waals surface area contributed by atoms with Crippen LogP contribution in [-0.4, -0.2) is 39.4 Å². The SMILES string of the molecule is Cc1noc(C2CCCN2C(=O)C2CCC(=O)N2)n1. The zero-order chi connectivity index (χ0) is 13.4. The predicted molar refractivity (Wildman–Crippen MR) is 63.9 cm³/mol. The quantitative estimate of drug-likeness (QED) is 0.831. The number of amides is 2. The van der Waals surface area contributed by atoms with Crippen LogP contribution in [0, 0.1) is 6.92 Å². The number of hydrogen-bond donors (Lipinski definition) is 1. The maximum absolute atomic E-state index is 12.4. The molecule has 2 unspecified atom stereocenters. The van der Waals surface area contributed by atoms with Crippen molar-refractivity contribution in [3.05, 3.63) is 11.7 Å². The Balaban J connectivity index is 1.76. The number of hydrogen-bond acceptors (Lipinski definition) is 5. The summed E-state index contributed by atoms with van der Waals surface area (Å²) in [6.07, 6.45) is 2.74. The molecule has 0 saturated carbocycles. The second-order valence-electron chi connectivity index (χ2n) is 5.03. The van der Waals surface area contributed by atoms with E-state index < -0.39 is 6.04 Å². The molecule has 0 bridgehead atoms. The first kappa shape index (κ1) is 12.1. The molecule has 0 aromatic carbocycles. The molecule has 0 spiro atoms. The van der Waals surface area contributed by atoms with Crippen LogP contribution in [0.15, 0.2) is 4.52 Å². The van der Waals surface area contributed by atoms with Crippen LogP contribution in [0.1, 0.15) is 43.4 Å². The van der Waals surface area contributed by atoms with Crippen LogP contribution in [0.2, 0.25) is 0 Å². The van der Waals surface area contributed by atoms with Crippen molar-refractivity contribution in [1.82, 2.24) is 20.4 Å². The molecular formula is C12H16N4O3. The molecule has 2 amide bonds. The molecule has 1 N–H and O–H groups in total. The molecule has 2 atom stereocenters. The maximum Gasteiger partial charge on any atom is 0.249 e. The summed E-state index contributed by atoms with van der Waals surface area (Å²) >= 11 is 0. The molecule has 2 aliphatic rings. The lowest BCUT2D eigenvalue weighted by Crippen LogP contribution is -2.44. The number of aromatic nitrogens is 2. The number of carbonyl (C=O) groups excluding carboxylic acids is 2. The van der Waals surface area contributed by atoms with Crippen molar-refractivity contribution in [2.24, 2.45) is 0 Å². The van der Waals surface area contributed by atoms with Crippen molar-refractivity contribution in [2.75, 3.05) is 6.54 Å². The third-order valence-electron chi connectivity index (χ3n) is 3.66. The second kappa shape index (κ2) is 4.64. The average Bonchev–Trinajstić information content (AvgIpc) is 3.07. The molecule has 102 valence electrons. The summed E-state index contributed by atoms with van der Waals surface area (Å²) in [4.78, 5) is 29.6. The van der Waals surface area contributed by atoms with Crippen LogP contribution in [0.4, 0.5) is 0 Å². The highest BCUT2D eigenvalue weighted by atomic mass is 16.5. The topological polar surface area (TPSA) is 88.3 Å². The number of carbonyl (C=O) groups is 2. The zero-order valence-corrected chi connectivity index (χ0v) is 10.8. The summed E-state index contributed by atoms with van der Waals surface area (Å²) in [5, 5.41) is 6.48. The Hall–Kier alpha value is -1.92. The Bertz CT molecular complexity index is 513. The first-order valence-electron chi connectivity index (χ1n) is 6.55. The van der Waals surface area contributed by atoms with Gasteiger partial charge in [-0.2, -0.15) is 4.98 Å². The number of nitrogens with one attached hydrogen (secondary N) is 1. The molecule has 7 heteroatoms. The molecule has 2 saturated heterocycles. The minimum Gasteiger partial charge on any atom is -0.344 e. The van der Waals surface area contributed by atoms with E-state index in [4.69, 9.17) is 4.52 Å². The molecule has 19 heavy (non-hydrogen) atoms. The summed E-state index contributed by atoms with van der Waals surface area (Å²) < 4.78 is 5.17. The first-order chi connectivity index (χ1) is 9.15. The lowest BCUT2D eigenvalue weighted by molar-refractivity contribution is -0.135. The van der Waals surface area contributed by atoms with E-state index in [0.717, 1.165) is 12.8 Å². The fourth-order valence-corrected chi connectivity index (χ4v) is 2.74. The van der Waals surface area contributed by atoms with Gasteiger partial charge in [-0.25, -0.2) is 0 Å². The molecule has 3 rings (SSSR count). The van der Waals surface area contributed by atoms with Gasteiger partial charge in [0.2, 0.25) is 17.7 Å². The molecular weight excluding hydrogens is 248 g/mol. The van der Waals surface area contributed by atoms with Gasteiger partial charge in [0.25, 0.3) is 0 Å². The molecule has 2 fully saturated rings. The van der Waals surface area contributed by atoms with E-state index in [9.17, 15) is 9.59 Å². The summed E-state index contributed by atoms with van der Waals surface area (Å²) in [7, 11) is 0. The summed E-state index contributed by atoms with van der Waals surface area (Å²) in [6, 6.07) is -0.539. The van der Waals surface area contributed by atoms with Crippen molar-refractivity contribution in [1.29, 1.82) is 0 Å². The zero-order valence-electron chi connectivity index (χ0n) is 10.8. The average molecular weight is 264 g/mol. The molecule has 3 heterocycles. The summed E-state index contributed by atoms with van der Waals surface area (Å²) in [5.41, 5.74) is 0. The fourth-order valence-electron chi connectivity index (χ4n) is 2.74. The third kappa shape index (κ3) is 2.20. The fraction of sp³-hybridized carbons (Fsp3) is 0.667. The van der Waals surface area contributed by atoms with E-state index in [1.165, 1.54) is 0 Å². The Kier molecular flexibility index (Phi) is 2.96. The van der Waals surface area contributed by atoms with Gasteiger partial charge in [-0.1, -0.05) is 5.16 Å². The molecule has 1 aromatic heterocycles. The van der Waals surface area contributed by atoms with E-state index in [1.807, 2.05) is 0 Å². The van der Waals surface area contributed by atoms with Crippen LogP contribution in [0.5, 0.6) is 0 Å². The molecule has 0 radical (unpaired) electrons.